The summed E-state index contributed by atoms with van der Waals surface area (Å²) in [5.41, 5.74) is 1.16. The van der Waals surface area contributed by atoms with Crippen molar-refractivity contribution < 1.29 is 9.53 Å². The van der Waals surface area contributed by atoms with Crippen LogP contribution in [0.15, 0.2) is 24.3 Å². The maximum absolute atomic E-state index is 12.4. The van der Waals surface area contributed by atoms with E-state index in [2.05, 4.69) is 27.7 Å². The molecule has 0 aromatic heterocycles. The van der Waals surface area contributed by atoms with Crippen molar-refractivity contribution in [3.8, 4) is 5.75 Å². The van der Waals surface area contributed by atoms with E-state index in [4.69, 9.17) is 4.74 Å². The lowest BCUT2D eigenvalue weighted by atomic mass is 9.96. The third kappa shape index (κ3) is 5.13. The predicted molar refractivity (Wildman–Crippen MR) is 105 cm³/mol. The molecule has 2 fully saturated rings. The summed E-state index contributed by atoms with van der Waals surface area (Å²) in [5.74, 6) is 0.901. The fourth-order valence-corrected chi connectivity index (χ4v) is 4.28. The number of amides is 2. The molecule has 144 valence electrons. The monoisotopic (exact) mass is 359 g/mol. The van der Waals surface area contributed by atoms with E-state index in [-0.39, 0.29) is 12.1 Å². The molecule has 1 aromatic carbocycles. The molecule has 0 spiro atoms. The third-order valence-electron chi connectivity index (χ3n) is 5.73. The van der Waals surface area contributed by atoms with Gasteiger partial charge >= 0.3 is 6.03 Å². The number of rotatable bonds is 6. The summed E-state index contributed by atoms with van der Waals surface area (Å²) in [5, 5.41) is 6.29. The molecule has 1 heterocycles. The fourth-order valence-electron chi connectivity index (χ4n) is 4.28. The van der Waals surface area contributed by atoms with Gasteiger partial charge in [0.15, 0.2) is 0 Å². The van der Waals surface area contributed by atoms with Gasteiger partial charge in [0.25, 0.3) is 0 Å². The molecule has 5 heteroatoms. The third-order valence-corrected chi connectivity index (χ3v) is 5.73. The summed E-state index contributed by atoms with van der Waals surface area (Å²) >= 11 is 0. The molecule has 1 aliphatic carbocycles. The van der Waals surface area contributed by atoms with Gasteiger partial charge in [-0.1, -0.05) is 43.9 Å². The summed E-state index contributed by atoms with van der Waals surface area (Å²) in [7, 11) is 1.72. The number of carbonyl (C=O) groups excluding carboxylic acids is 1. The van der Waals surface area contributed by atoms with Crippen LogP contribution < -0.4 is 15.4 Å². The first-order valence-corrected chi connectivity index (χ1v) is 10.2. The zero-order chi connectivity index (χ0) is 18.2. The van der Waals surface area contributed by atoms with Gasteiger partial charge in [0, 0.05) is 18.2 Å². The Hall–Kier alpha value is -1.75. The average molecular weight is 360 g/mol. The number of likely N-dealkylation sites (tertiary alicyclic amines) is 1. The Kier molecular flexibility index (Phi) is 7.18. The normalized spacial score (nSPS) is 20.3. The highest BCUT2D eigenvalue weighted by Crippen LogP contribution is 2.30. The molecule has 1 saturated carbocycles. The minimum absolute atomic E-state index is 0.0335. The number of piperidine rings is 1. The van der Waals surface area contributed by atoms with Gasteiger partial charge in [0.2, 0.25) is 0 Å². The minimum Gasteiger partial charge on any atom is -0.496 e. The fraction of sp³-hybridized carbons (Fsp3) is 0.667. The SMILES string of the molecule is COc1ccccc1C(CNC(=O)NC1CCCCC1)N1CCCCC1. The van der Waals surface area contributed by atoms with E-state index < -0.39 is 0 Å². The number of urea groups is 1. The topological polar surface area (TPSA) is 53.6 Å². The number of benzene rings is 1. The van der Waals surface area contributed by atoms with Gasteiger partial charge in [-0.15, -0.1) is 0 Å². The van der Waals surface area contributed by atoms with Crippen molar-refractivity contribution in [1.82, 2.24) is 15.5 Å². The van der Waals surface area contributed by atoms with Crippen molar-refractivity contribution in [2.24, 2.45) is 0 Å². The van der Waals surface area contributed by atoms with Crippen molar-refractivity contribution in [2.75, 3.05) is 26.7 Å². The Balaban J connectivity index is 1.64. The lowest BCUT2D eigenvalue weighted by Crippen LogP contribution is -2.46. The van der Waals surface area contributed by atoms with Crippen molar-refractivity contribution in [3.63, 3.8) is 0 Å². The van der Waals surface area contributed by atoms with Gasteiger partial charge in [-0.2, -0.15) is 0 Å². The number of carbonyl (C=O) groups is 1. The zero-order valence-corrected chi connectivity index (χ0v) is 16.0. The maximum atomic E-state index is 12.4. The van der Waals surface area contributed by atoms with Crippen LogP contribution in [0.2, 0.25) is 0 Å². The number of hydrogen-bond acceptors (Lipinski definition) is 3. The van der Waals surface area contributed by atoms with E-state index in [0.717, 1.165) is 37.2 Å². The highest BCUT2D eigenvalue weighted by molar-refractivity contribution is 5.74. The summed E-state index contributed by atoms with van der Waals surface area (Å²) in [6.45, 7) is 2.77. The molecular weight excluding hydrogens is 326 g/mol. The highest BCUT2D eigenvalue weighted by atomic mass is 16.5. The van der Waals surface area contributed by atoms with Gasteiger partial charge in [-0.25, -0.2) is 4.79 Å². The van der Waals surface area contributed by atoms with E-state index in [0.29, 0.717) is 12.6 Å². The average Bonchev–Trinajstić information content (AvgIpc) is 2.70. The Morgan fingerprint density at radius 1 is 1.12 bits per heavy atom. The van der Waals surface area contributed by atoms with Crippen molar-refractivity contribution in [3.05, 3.63) is 29.8 Å². The number of hydrogen-bond donors (Lipinski definition) is 2. The van der Waals surface area contributed by atoms with E-state index >= 15 is 0 Å². The first-order valence-electron chi connectivity index (χ1n) is 10.2. The molecule has 1 atom stereocenters. The van der Waals surface area contributed by atoms with E-state index in [9.17, 15) is 4.79 Å². The highest BCUT2D eigenvalue weighted by Gasteiger charge is 2.25. The van der Waals surface area contributed by atoms with Gasteiger partial charge in [-0.05, 0) is 44.8 Å². The van der Waals surface area contributed by atoms with Crippen LogP contribution in [0.5, 0.6) is 5.75 Å². The molecule has 2 amide bonds. The smallest absolute Gasteiger partial charge is 0.315 e. The molecule has 5 nitrogen and oxygen atoms in total. The molecule has 1 aliphatic heterocycles. The second kappa shape index (κ2) is 9.81. The number of methoxy groups -OCH3 is 1. The molecule has 2 N–H and O–H groups in total. The second-order valence-corrected chi connectivity index (χ2v) is 7.54. The van der Waals surface area contributed by atoms with Crippen molar-refractivity contribution in [2.45, 2.75) is 63.5 Å². The van der Waals surface area contributed by atoms with E-state index in [1.54, 1.807) is 7.11 Å². The molecule has 26 heavy (non-hydrogen) atoms. The van der Waals surface area contributed by atoms with Gasteiger partial charge in [0.1, 0.15) is 5.75 Å². The lowest BCUT2D eigenvalue weighted by molar-refractivity contribution is 0.157. The Morgan fingerprint density at radius 3 is 2.54 bits per heavy atom. The largest absolute Gasteiger partial charge is 0.496 e. The molecule has 2 aliphatic rings. The number of nitrogens with one attached hydrogen (secondary N) is 2. The Bertz CT molecular complexity index is 566. The standard InChI is InChI=1S/C21H33N3O2/c1-26-20-13-7-6-12-18(20)19(24-14-8-3-9-15-24)16-22-21(25)23-17-10-4-2-5-11-17/h6-7,12-13,17,19H,2-5,8-11,14-16H2,1H3,(H2,22,23,25). The van der Waals surface area contributed by atoms with Crippen LogP contribution in [0, 0.1) is 0 Å². The van der Waals surface area contributed by atoms with Gasteiger partial charge < -0.3 is 15.4 Å². The van der Waals surface area contributed by atoms with Gasteiger partial charge in [0.05, 0.1) is 13.2 Å². The molecule has 1 saturated heterocycles. The summed E-state index contributed by atoms with van der Waals surface area (Å²) < 4.78 is 5.59. The number of nitrogens with zero attached hydrogens (tertiary/aromatic N) is 1. The predicted octanol–water partition coefficient (Wildman–Crippen LogP) is 3.85. The molecule has 0 radical (unpaired) electrons. The van der Waals surface area contributed by atoms with Crippen molar-refractivity contribution in [1.29, 1.82) is 0 Å². The quantitative estimate of drug-likeness (QED) is 0.811. The first kappa shape index (κ1) is 19.0. The van der Waals surface area contributed by atoms with Crippen LogP contribution in [-0.2, 0) is 0 Å². The molecular formula is C21H33N3O2. The maximum Gasteiger partial charge on any atom is 0.315 e. The Labute approximate surface area is 157 Å². The number of ether oxygens (including phenoxy) is 1. The van der Waals surface area contributed by atoms with Crippen molar-refractivity contribution >= 4 is 6.03 Å². The zero-order valence-electron chi connectivity index (χ0n) is 16.0. The summed E-state index contributed by atoms with van der Waals surface area (Å²) in [6.07, 6.45) is 9.70. The molecule has 3 rings (SSSR count). The summed E-state index contributed by atoms with van der Waals surface area (Å²) in [6, 6.07) is 8.64. The second-order valence-electron chi connectivity index (χ2n) is 7.54. The van der Waals surface area contributed by atoms with E-state index in [1.807, 2.05) is 12.1 Å². The minimum atomic E-state index is -0.0335. The van der Waals surface area contributed by atoms with Crippen LogP contribution in [-0.4, -0.2) is 43.7 Å². The Morgan fingerprint density at radius 2 is 1.81 bits per heavy atom. The molecule has 1 unspecified atom stereocenters. The molecule has 1 aromatic rings. The van der Waals surface area contributed by atoms with Gasteiger partial charge in [-0.3, -0.25) is 4.90 Å². The van der Waals surface area contributed by atoms with Crippen LogP contribution in [0.3, 0.4) is 0 Å². The number of para-hydroxylation sites is 1. The first-order chi connectivity index (χ1) is 12.8. The van der Waals surface area contributed by atoms with E-state index in [1.165, 1.54) is 38.5 Å². The van der Waals surface area contributed by atoms with Crippen LogP contribution in [0.1, 0.15) is 63.0 Å². The lowest BCUT2D eigenvalue weighted by Gasteiger charge is -2.35. The van der Waals surface area contributed by atoms with Crippen LogP contribution >= 0.6 is 0 Å². The molecule has 0 bridgehead atoms. The van der Waals surface area contributed by atoms with Crippen LogP contribution in [0.4, 0.5) is 4.79 Å². The summed E-state index contributed by atoms with van der Waals surface area (Å²) in [4.78, 5) is 14.9. The van der Waals surface area contributed by atoms with Crippen LogP contribution in [0.25, 0.3) is 0 Å².